The van der Waals surface area contributed by atoms with Crippen LogP contribution in [0.4, 0.5) is 5.82 Å². The molecular formula is C29H40ClN9O2. The zero-order valence-corrected chi connectivity index (χ0v) is 24.7. The molecule has 2 aromatic heterocycles. The van der Waals surface area contributed by atoms with Gasteiger partial charge < -0.3 is 30.8 Å². The number of aliphatic hydroxyl groups is 1. The minimum absolute atomic E-state index is 0.0790. The number of halogens is 1. The number of benzene rings is 1. The molecular weight excluding hydrogens is 542 g/mol. The molecule has 0 spiro atoms. The Bertz CT molecular complexity index is 1390. The average molecular weight is 582 g/mol. The third kappa shape index (κ3) is 9.52. The van der Waals surface area contributed by atoms with Crippen molar-refractivity contribution in [1.29, 1.82) is 0 Å². The number of anilines is 1. The smallest absolute Gasteiger partial charge is 0.181 e. The summed E-state index contributed by atoms with van der Waals surface area (Å²) in [5.41, 5.74) is 8.46. The minimum Gasteiger partial charge on any atom is -0.470 e. The standard InChI is InChI=1S/C26H33ClN8O2.C3H7N/c1-4-5-19-15-24(33-32-19)31-23(28-3)16-25(35-10-8-34(9-11-35)12-13-36)29-17-37-22-7-6-21-20(26(22)27)14-18(2)30-21;1-3(2)4/h4-7,14-16,30,36H,3,8-13,17H2,1-2H3,(H2,31,32,33);1,4H2,2H3/b5-4-,23-16+,29-25+;. The van der Waals surface area contributed by atoms with Crippen LogP contribution in [0, 0.1) is 6.92 Å². The number of fused-ring (bicyclic) bond motifs is 1. The number of β-amino-alcohol motifs (C(OH)–C–C–N with tert-alkyl or cyclic N) is 1. The van der Waals surface area contributed by atoms with Crippen LogP contribution in [0.25, 0.3) is 17.0 Å². The van der Waals surface area contributed by atoms with Gasteiger partial charge in [-0.2, -0.15) is 5.10 Å². The quantitative estimate of drug-likeness (QED) is 0.177. The third-order valence-corrected chi connectivity index (χ3v) is 6.42. The van der Waals surface area contributed by atoms with Gasteiger partial charge >= 0.3 is 0 Å². The molecule has 220 valence electrons. The lowest BCUT2D eigenvalue weighted by molar-refractivity contribution is 0.147. The summed E-state index contributed by atoms with van der Waals surface area (Å²) < 4.78 is 5.97. The Balaban J connectivity index is 0.00000108. The van der Waals surface area contributed by atoms with Crippen molar-refractivity contribution in [3.8, 4) is 5.75 Å². The van der Waals surface area contributed by atoms with Crippen molar-refractivity contribution in [2.45, 2.75) is 20.8 Å². The molecule has 0 radical (unpaired) electrons. The normalized spacial score (nSPS) is 14.7. The highest BCUT2D eigenvalue weighted by atomic mass is 35.5. The molecule has 1 saturated heterocycles. The first-order valence-electron chi connectivity index (χ1n) is 13.3. The molecule has 0 bridgehead atoms. The maximum atomic E-state index is 9.28. The largest absolute Gasteiger partial charge is 0.470 e. The first-order chi connectivity index (χ1) is 19.7. The number of hydrogen-bond donors (Lipinski definition) is 5. The molecule has 4 rings (SSSR count). The number of hydrogen-bond acceptors (Lipinski definition) is 8. The van der Waals surface area contributed by atoms with Crippen LogP contribution >= 0.6 is 11.6 Å². The number of allylic oxidation sites excluding steroid dienone is 2. The van der Waals surface area contributed by atoms with E-state index in [-0.39, 0.29) is 13.3 Å². The van der Waals surface area contributed by atoms with E-state index in [0.717, 1.165) is 48.5 Å². The number of ether oxygens (including phenoxy) is 1. The number of aliphatic imine (C=N–C) groups is 2. The summed E-state index contributed by atoms with van der Waals surface area (Å²) in [6.07, 6.45) is 5.70. The maximum absolute atomic E-state index is 9.28. The maximum Gasteiger partial charge on any atom is 0.181 e. The van der Waals surface area contributed by atoms with Crippen LogP contribution in [0.3, 0.4) is 0 Å². The lowest BCUT2D eigenvalue weighted by Gasteiger charge is -2.35. The Morgan fingerprint density at radius 1 is 1.29 bits per heavy atom. The molecule has 1 aliphatic rings. The Morgan fingerprint density at radius 2 is 2.02 bits per heavy atom. The number of amidine groups is 1. The molecule has 0 unspecified atom stereocenters. The first-order valence-corrected chi connectivity index (χ1v) is 13.7. The van der Waals surface area contributed by atoms with E-state index in [1.54, 1.807) is 6.92 Å². The van der Waals surface area contributed by atoms with E-state index in [1.165, 1.54) is 0 Å². The van der Waals surface area contributed by atoms with Crippen molar-refractivity contribution >= 4 is 47.0 Å². The number of nitrogens with zero attached hydrogens (tertiary/aromatic N) is 5. The van der Waals surface area contributed by atoms with E-state index >= 15 is 0 Å². The third-order valence-electron chi connectivity index (χ3n) is 6.03. The molecule has 0 aliphatic carbocycles. The fraction of sp³-hybridized carbons (Fsp3) is 0.345. The topological polar surface area (TPSA) is 143 Å². The fourth-order valence-corrected chi connectivity index (χ4v) is 4.46. The summed E-state index contributed by atoms with van der Waals surface area (Å²) in [4.78, 5) is 16.6. The molecule has 0 saturated carbocycles. The van der Waals surface area contributed by atoms with Gasteiger partial charge in [0, 0.05) is 61.5 Å². The predicted octanol–water partition coefficient (Wildman–Crippen LogP) is 4.36. The summed E-state index contributed by atoms with van der Waals surface area (Å²) in [7, 11) is 0. The van der Waals surface area contributed by atoms with Gasteiger partial charge in [0.05, 0.1) is 17.3 Å². The SMILES string of the molecule is C=C(C)N.C=N/C(=C\C(=N/COc1ccc2[nH]c(C)cc2c1Cl)N1CCN(CCO)CC1)Nc1cc(/C=C\C)[nH]n1. The molecule has 41 heavy (non-hydrogen) atoms. The van der Waals surface area contributed by atoms with Gasteiger partial charge in [-0.15, -0.1) is 0 Å². The molecule has 1 aromatic carbocycles. The second kappa shape index (κ2) is 15.7. The summed E-state index contributed by atoms with van der Waals surface area (Å²) in [5.74, 6) is 2.41. The van der Waals surface area contributed by atoms with E-state index in [2.05, 4.69) is 48.6 Å². The van der Waals surface area contributed by atoms with Gasteiger partial charge in [-0.3, -0.25) is 10.00 Å². The number of aliphatic hydroxyl groups excluding tert-OH is 1. The van der Waals surface area contributed by atoms with Crippen LogP contribution in [-0.2, 0) is 0 Å². The highest BCUT2D eigenvalue weighted by Gasteiger charge is 2.19. The highest BCUT2D eigenvalue weighted by molar-refractivity contribution is 6.37. The summed E-state index contributed by atoms with van der Waals surface area (Å²) in [6.45, 7) is 16.8. The minimum atomic E-state index is 0.0790. The lowest BCUT2D eigenvalue weighted by Crippen LogP contribution is -2.49. The number of aromatic amines is 2. The number of piperazine rings is 1. The van der Waals surface area contributed by atoms with E-state index in [1.807, 2.05) is 56.3 Å². The molecule has 3 heterocycles. The fourth-order valence-electron chi connectivity index (χ4n) is 4.19. The Morgan fingerprint density at radius 3 is 2.68 bits per heavy atom. The Hall–Kier alpha value is -4.06. The molecule has 0 amide bonds. The van der Waals surface area contributed by atoms with Crippen molar-refractivity contribution in [3.05, 3.63) is 70.9 Å². The predicted molar refractivity (Wildman–Crippen MR) is 170 cm³/mol. The van der Waals surface area contributed by atoms with Crippen LogP contribution in [0.5, 0.6) is 5.75 Å². The Labute approximate surface area is 246 Å². The zero-order chi connectivity index (χ0) is 29.8. The summed E-state index contributed by atoms with van der Waals surface area (Å²) >= 11 is 6.60. The van der Waals surface area contributed by atoms with Gasteiger partial charge in [-0.25, -0.2) is 9.98 Å². The van der Waals surface area contributed by atoms with E-state index in [4.69, 9.17) is 27.1 Å². The van der Waals surface area contributed by atoms with Gasteiger partial charge in [0.2, 0.25) is 0 Å². The molecule has 3 aromatic rings. The number of H-pyrrole nitrogens is 2. The van der Waals surface area contributed by atoms with Crippen molar-refractivity contribution in [2.75, 3.05) is 51.4 Å². The number of aryl methyl sites for hydroxylation is 1. The number of rotatable bonds is 10. The van der Waals surface area contributed by atoms with Gasteiger partial charge in [0.25, 0.3) is 0 Å². The molecule has 12 heteroatoms. The molecule has 11 nitrogen and oxygen atoms in total. The molecule has 1 fully saturated rings. The Kier molecular flexibility index (Phi) is 12.0. The van der Waals surface area contributed by atoms with Crippen LogP contribution in [0.2, 0.25) is 5.02 Å². The number of aromatic nitrogens is 3. The zero-order valence-electron chi connectivity index (χ0n) is 24.0. The molecule has 6 N–H and O–H groups in total. The summed E-state index contributed by atoms with van der Waals surface area (Å²) in [5, 5.41) is 21.2. The monoisotopic (exact) mass is 581 g/mol. The van der Waals surface area contributed by atoms with E-state index in [9.17, 15) is 5.11 Å². The lowest BCUT2D eigenvalue weighted by atomic mass is 10.2. The van der Waals surface area contributed by atoms with Crippen LogP contribution in [0.15, 0.2) is 64.5 Å². The number of nitrogens with one attached hydrogen (secondary N) is 3. The average Bonchev–Trinajstić information content (AvgIpc) is 3.55. The highest BCUT2D eigenvalue weighted by Crippen LogP contribution is 2.33. The van der Waals surface area contributed by atoms with Crippen LogP contribution in [-0.4, -0.2) is 88.7 Å². The van der Waals surface area contributed by atoms with Gasteiger partial charge in [0.15, 0.2) is 12.5 Å². The molecule has 1 aliphatic heterocycles. The van der Waals surface area contributed by atoms with Crippen molar-refractivity contribution < 1.29 is 9.84 Å². The van der Waals surface area contributed by atoms with Crippen molar-refractivity contribution in [2.24, 2.45) is 15.7 Å². The van der Waals surface area contributed by atoms with E-state index in [0.29, 0.717) is 40.5 Å². The molecule has 0 atom stereocenters. The van der Waals surface area contributed by atoms with Gasteiger partial charge in [-0.05, 0) is 57.5 Å². The first kappa shape index (κ1) is 31.5. The summed E-state index contributed by atoms with van der Waals surface area (Å²) in [6, 6.07) is 7.67. The van der Waals surface area contributed by atoms with Crippen molar-refractivity contribution in [1.82, 2.24) is 25.0 Å². The number of nitrogens with two attached hydrogens (primary N) is 1. The van der Waals surface area contributed by atoms with Gasteiger partial charge in [-0.1, -0.05) is 24.3 Å². The second-order valence-corrected chi connectivity index (χ2v) is 9.88. The van der Waals surface area contributed by atoms with Crippen LogP contribution < -0.4 is 15.8 Å². The van der Waals surface area contributed by atoms with Gasteiger partial charge in [0.1, 0.15) is 17.4 Å². The second-order valence-electron chi connectivity index (χ2n) is 9.50. The van der Waals surface area contributed by atoms with Crippen molar-refractivity contribution in [3.63, 3.8) is 0 Å². The van der Waals surface area contributed by atoms with E-state index < -0.39 is 0 Å². The van der Waals surface area contributed by atoms with Crippen LogP contribution in [0.1, 0.15) is 25.2 Å².